The topological polar surface area (TPSA) is 132 Å². The maximum absolute atomic E-state index is 14.1. The van der Waals surface area contributed by atoms with Gasteiger partial charge in [0.2, 0.25) is 21.8 Å². The molecule has 3 fully saturated rings. The highest BCUT2D eigenvalue weighted by Gasteiger charge is 2.55. The number of carbonyl (C=O) groups excluding carboxylic acids is 3. The van der Waals surface area contributed by atoms with Crippen LogP contribution in [0, 0.1) is 0 Å². The molecule has 1 saturated carbocycles. The lowest BCUT2D eigenvalue weighted by Gasteiger charge is -2.53. The number of nitrogens with zero attached hydrogens (tertiary/aromatic N) is 4. The second-order valence-corrected chi connectivity index (χ2v) is 13.2. The largest absolute Gasteiger partial charge is 0.336 e. The summed E-state index contributed by atoms with van der Waals surface area (Å²) in [5, 5.41) is 5.48. The van der Waals surface area contributed by atoms with Gasteiger partial charge >= 0.3 is 6.03 Å². The fourth-order valence-corrected chi connectivity index (χ4v) is 7.58. The standard InChI is InChI=1S/C26H30Cl2N6O5S/c1-15(2)30-26(37)31-20-13-33(40(38,39)22-8-5-17(27)11-19(22)28)23-14-32(18-6-7-18)25(36)21(34(23)24(20)35)10-16-4-3-9-29-12-16/h3-5,8-9,11-12,15,18,20-21,23H,6-7,10,13-14H2,1-2H3,(H2,30,31,37). The van der Waals surface area contributed by atoms with Crippen molar-refractivity contribution in [2.24, 2.45) is 0 Å². The van der Waals surface area contributed by atoms with Crippen molar-refractivity contribution in [1.82, 2.24) is 29.7 Å². The summed E-state index contributed by atoms with van der Waals surface area (Å²) in [6.07, 6.45) is 3.96. The predicted molar refractivity (Wildman–Crippen MR) is 148 cm³/mol. The maximum Gasteiger partial charge on any atom is 0.315 e. The van der Waals surface area contributed by atoms with Crippen LogP contribution in [-0.2, 0) is 26.0 Å². The number of halogens is 2. The van der Waals surface area contributed by atoms with Gasteiger partial charge in [0.05, 0.1) is 11.6 Å². The molecule has 2 aromatic rings. The molecular weight excluding hydrogens is 579 g/mol. The first kappa shape index (κ1) is 28.6. The third kappa shape index (κ3) is 5.63. The van der Waals surface area contributed by atoms with Crippen LogP contribution in [-0.4, -0.2) is 88.8 Å². The van der Waals surface area contributed by atoms with E-state index in [9.17, 15) is 22.8 Å². The van der Waals surface area contributed by atoms with E-state index in [2.05, 4.69) is 15.6 Å². The van der Waals surface area contributed by atoms with E-state index in [0.717, 1.165) is 12.8 Å². The van der Waals surface area contributed by atoms with Crippen LogP contribution in [0.15, 0.2) is 47.6 Å². The van der Waals surface area contributed by atoms with Gasteiger partial charge in [0.25, 0.3) is 0 Å². The predicted octanol–water partition coefficient (Wildman–Crippen LogP) is 2.24. The van der Waals surface area contributed by atoms with Gasteiger partial charge in [-0.15, -0.1) is 0 Å². The molecule has 40 heavy (non-hydrogen) atoms. The Morgan fingerprint density at radius 3 is 2.50 bits per heavy atom. The van der Waals surface area contributed by atoms with Gasteiger partial charge in [-0.2, -0.15) is 4.31 Å². The number of carbonyl (C=O) groups is 3. The van der Waals surface area contributed by atoms with Gasteiger partial charge in [0, 0.05) is 42.5 Å². The Morgan fingerprint density at radius 1 is 1.12 bits per heavy atom. The lowest BCUT2D eigenvalue weighted by atomic mass is 9.97. The molecule has 0 spiro atoms. The number of piperazine rings is 1. The van der Waals surface area contributed by atoms with Gasteiger partial charge in [-0.3, -0.25) is 14.6 Å². The average molecular weight is 610 g/mol. The number of sulfonamides is 1. The number of benzene rings is 1. The molecule has 3 atom stereocenters. The SMILES string of the molecule is CC(C)NC(=O)NC1CN(S(=O)(=O)c2ccc(Cl)cc2Cl)C2CN(C3CC3)C(=O)C(Cc3cccnc3)N2C1=O. The van der Waals surface area contributed by atoms with Crippen molar-refractivity contribution in [1.29, 1.82) is 0 Å². The van der Waals surface area contributed by atoms with Crippen LogP contribution < -0.4 is 10.6 Å². The zero-order valence-electron chi connectivity index (χ0n) is 22.0. The number of urea groups is 1. The first-order valence-corrected chi connectivity index (χ1v) is 15.2. The minimum absolute atomic E-state index is 0.00806. The van der Waals surface area contributed by atoms with Gasteiger partial charge in [0.1, 0.15) is 23.1 Å². The first-order valence-electron chi connectivity index (χ1n) is 13.0. The maximum atomic E-state index is 14.1. The molecule has 0 bridgehead atoms. The van der Waals surface area contributed by atoms with Crippen LogP contribution in [0.25, 0.3) is 0 Å². The summed E-state index contributed by atoms with van der Waals surface area (Å²) in [6.45, 7) is 3.20. The molecule has 14 heteroatoms. The molecule has 11 nitrogen and oxygen atoms in total. The number of nitrogens with one attached hydrogen (secondary N) is 2. The highest BCUT2D eigenvalue weighted by Crippen LogP contribution is 2.38. The molecule has 4 amide bonds. The molecule has 5 rings (SSSR count). The van der Waals surface area contributed by atoms with E-state index >= 15 is 0 Å². The number of amides is 4. The lowest BCUT2D eigenvalue weighted by Crippen LogP contribution is -2.76. The summed E-state index contributed by atoms with van der Waals surface area (Å²) < 4.78 is 29.5. The van der Waals surface area contributed by atoms with E-state index < -0.39 is 40.2 Å². The summed E-state index contributed by atoms with van der Waals surface area (Å²) in [4.78, 5) is 47.4. The molecule has 2 N–H and O–H groups in total. The number of hydrogen-bond acceptors (Lipinski definition) is 6. The number of rotatable bonds is 7. The van der Waals surface area contributed by atoms with Crippen molar-refractivity contribution in [2.75, 3.05) is 13.1 Å². The highest BCUT2D eigenvalue weighted by molar-refractivity contribution is 7.89. The van der Waals surface area contributed by atoms with E-state index in [1.165, 1.54) is 27.4 Å². The molecular formula is C26H30Cl2N6O5S. The zero-order valence-corrected chi connectivity index (χ0v) is 24.3. The Balaban J connectivity index is 1.59. The van der Waals surface area contributed by atoms with Crippen LogP contribution in [0.2, 0.25) is 10.0 Å². The third-order valence-corrected chi connectivity index (χ3v) is 9.76. The molecule has 3 aliphatic rings. The van der Waals surface area contributed by atoms with Crippen LogP contribution in [0.1, 0.15) is 32.3 Å². The Labute approximate surface area is 242 Å². The molecule has 1 aromatic carbocycles. The summed E-state index contributed by atoms with van der Waals surface area (Å²) in [7, 11) is -4.31. The van der Waals surface area contributed by atoms with Crippen molar-refractivity contribution >= 4 is 51.1 Å². The van der Waals surface area contributed by atoms with E-state index in [0.29, 0.717) is 5.56 Å². The van der Waals surface area contributed by atoms with Crippen molar-refractivity contribution < 1.29 is 22.8 Å². The Hall–Kier alpha value is -2.93. The molecule has 214 valence electrons. The summed E-state index contributed by atoms with van der Waals surface area (Å²) in [5.41, 5.74) is 0.716. The third-order valence-electron chi connectivity index (χ3n) is 7.18. The summed E-state index contributed by atoms with van der Waals surface area (Å²) >= 11 is 12.4. The molecule has 1 aliphatic carbocycles. The average Bonchev–Trinajstić information content (AvgIpc) is 3.72. The number of fused-ring (bicyclic) bond motifs is 1. The van der Waals surface area contributed by atoms with Crippen LogP contribution >= 0.6 is 23.2 Å². The number of aromatic nitrogens is 1. The van der Waals surface area contributed by atoms with E-state index in [4.69, 9.17) is 23.2 Å². The van der Waals surface area contributed by atoms with Gasteiger partial charge < -0.3 is 20.4 Å². The molecule has 3 heterocycles. The molecule has 1 aromatic heterocycles. The first-order chi connectivity index (χ1) is 19.0. The Bertz CT molecular complexity index is 1420. The van der Waals surface area contributed by atoms with Gasteiger partial charge in [-0.25, -0.2) is 13.2 Å². The summed E-state index contributed by atoms with van der Waals surface area (Å²) in [5.74, 6) is -0.791. The second kappa shape index (κ2) is 11.2. The molecule has 0 radical (unpaired) electrons. The van der Waals surface area contributed by atoms with Crippen LogP contribution in [0.5, 0.6) is 0 Å². The van der Waals surface area contributed by atoms with Crippen molar-refractivity contribution in [3.63, 3.8) is 0 Å². The molecule has 2 aliphatic heterocycles. The molecule has 3 unspecified atom stereocenters. The monoisotopic (exact) mass is 608 g/mol. The number of pyridine rings is 1. The van der Waals surface area contributed by atoms with Gasteiger partial charge in [-0.1, -0.05) is 29.3 Å². The summed E-state index contributed by atoms with van der Waals surface area (Å²) in [6, 6.07) is 4.50. The van der Waals surface area contributed by atoms with E-state index in [1.54, 1.807) is 43.3 Å². The van der Waals surface area contributed by atoms with Crippen LogP contribution in [0.4, 0.5) is 4.79 Å². The van der Waals surface area contributed by atoms with Crippen LogP contribution in [0.3, 0.4) is 0 Å². The van der Waals surface area contributed by atoms with Crippen molar-refractivity contribution in [3.8, 4) is 0 Å². The smallest absolute Gasteiger partial charge is 0.315 e. The number of hydrogen-bond donors (Lipinski definition) is 2. The Kier molecular flexibility index (Phi) is 7.97. The second-order valence-electron chi connectivity index (χ2n) is 10.5. The lowest BCUT2D eigenvalue weighted by molar-refractivity contribution is -0.167. The fourth-order valence-electron chi connectivity index (χ4n) is 5.24. The van der Waals surface area contributed by atoms with Gasteiger partial charge in [0.15, 0.2) is 0 Å². The quantitative estimate of drug-likeness (QED) is 0.495. The van der Waals surface area contributed by atoms with Gasteiger partial charge in [-0.05, 0) is 56.5 Å². The normalized spacial score (nSPS) is 23.8. The Morgan fingerprint density at radius 2 is 1.88 bits per heavy atom. The zero-order chi connectivity index (χ0) is 28.8. The van der Waals surface area contributed by atoms with Crippen molar-refractivity contribution in [2.45, 2.75) is 68.3 Å². The van der Waals surface area contributed by atoms with E-state index in [-0.39, 0.29) is 52.4 Å². The minimum atomic E-state index is -4.31. The fraction of sp³-hybridized carbons (Fsp3) is 0.462. The highest BCUT2D eigenvalue weighted by atomic mass is 35.5. The van der Waals surface area contributed by atoms with Crippen molar-refractivity contribution in [3.05, 3.63) is 58.3 Å². The molecule has 2 saturated heterocycles. The van der Waals surface area contributed by atoms with E-state index in [1.807, 2.05) is 0 Å². The minimum Gasteiger partial charge on any atom is -0.336 e.